The van der Waals surface area contributed by atoms with Gasteiger partial charge in [0.25, 0.3) is 0 Å². The summed E-state index contributed by atoms with van der Waals surface area (Å²) in [5.41, 5.74) is 0. The smallest absolute Gasteiger partial charge is 0.176 e. The van der Waals surface area contributed by atoms with Crippen molar-refractivity contribution < 1.29 is 22.4 Å². The summed E-state index contributed by atoms with van der Waals surface area (Å²) in [6.45, 7) is 0. The van der Waals surface area contributed by atoms with Crippen LogP contribution in [0.3, 0.4) is 0 Å². The van der Waals surface area contributed by atoms with Gasteiger partial charge in [-0.2, -0.15) is 30.3 Å². The van der Waals surface area contributed by atoms with E-state index in [-0.39, 0.29) is 22.4 Å². The maximum absolute atomic E-state index is 6.18. The Bertz CT molecular complexity index is 1400. The molecule has 0 amide bonds. The third-order valence-electron chi connectivity index (χ3n) is 6.46. The Labute approximate surface area is 260 Å². The van der Waals surface area contributed by atoms with E-state index in [1.54, 1.807) is 0 Å². The summed E-state index contributed by atoms with van der Waals surface area (Å²) in [6.07, 6.45) is 0. The molecule has 0 aromatic heterocycles. The minimum Gasteiger partial charge on any atom is -0.176 e. The first kappa shape index (κ1) is 30.1. The summed E-state index contributed by atoms with van der Waals surface area (Å²) >= 11 is 6.18. The molecule has 0 fully saturated rings. The van der Waals surface area contributed by atoms with Gasteiger partial charge in [-0.25, -0.2) is 0 Å². The Morgan fingerprint density at radius 2 is 0.750 bits per heavy atom. The summed E-state index contributed by atoms with van der Waals surface area (Å²) in [4.78, 5) is 0. The van der Waals surface area contributed by atoms with Crippen molar-refractivity contribution in [1.29, 1.82) is 0 Å². The second-order valence-electron chi connectivity index (χ2n) is 9.00. The molecule has 0 saturated carbocycles. The van der Waals surface area contributed by atoms with E-state index in [4.69, 9.17) is 11.8 Å². The molecule has 0 N–H and O–H groups in total. The first-order valence-electron chi connectivity index (χ1n) is 13.0. The molecular weight excluding hydrogens is 723 g/mol. The fraction of sp³-hybridized carbons (Fsp3) is 0. The van der Waals surface area contributed by atoms with Crippen LogP contribution < -0.4 is 31.8 Å². The molecule has 0 aliphatic heterocycles. The van der Waals surface area contributed by atoms with Gasteiger partial charge in [0.2, 0.25) is 0 Å². The van der Waals surface area contributed by atoms with Gasteiger partial charge in [-0.3, -0.25) is 0 Å². The van der Waals surface area contributed by atoms with Crippen molar-refractivity contribution in [2.24, 2.45) is 0 Å². The molecular formula is C36H30AuP2S+. The predicted molar refractivity (Wildman–Crippen MR) is 178 cm³/mol. The van der Waals surface area contributed by atoms with E-state index in [0.29, 0.717) is 0 Å². The zero-order chi connectivity index (χ0) is 26.8. The Kier molecular flexibility index (Phi) is 11.5. The van der Waals surface area contributed by atoms with E-state index in [0.717, 1.165) is 5.30 Å². The maximum atomic E-state index is 6.18. The van der Waals surface area contributed by atoms with E-state index in [2.05, 4.69) is 152 Å². The largest absolute Gasteiger partial charge is 1.00 e. The molecule has 200 valence electrons. The molecule has 0 nitrogen and oxygen atoms in total. The topological polar surface area (TPSA) is 0 Å². The summed E-state index contributed by atoms with van der Waals surface area (Å²) in [7, 11) is -0.877. The molecule has 0 atom stereocenters. The third-order valence-corrected chi connectivity index (χ3v) is 14.1. The first-order valence-corrected chi connectivity index (χ1v) is 17.3. The normalized spacial score (nSPS) is 10.6. The monoisotopic (exact) mass is 753 g/mol. The van der Waals surface area contributed by atoms with Crippen LogP contribution in [0.25, 0.3) is 0 Å². The molecule has 0 saturated heterocycles. The number of hydrogen-bond donors (Lipinski definition) is 0. The Morgan fingerprint density at radius 1 is 0.425 bits per heavy atom. The van der Waals surface area contributed by atoms with E-state index >= 15 is 0 Å². The van der Waals surface area contributed by atoms with Gasteiger partial charge < -0.3 is 0 Å². The second-order valence-corrected chi connectivity index (χ2v) is 15.9. The van der Waals surface area contributed by atoms with Gasteiger partial charge >= 0.3 is 22.4 Å². The van der Waals surface area contributed by atoms with Crippen LogP contribution in [-0.2, 0) is 34.2 Å². The number of hydrogen-bond acceptors (Lipinski definition) is 1. The zero-order valence-corrected chi connectivity index (χ0v) is 26.8. The van der Waals surface area contributed by atoms with Crippen LogP contribution in [0.15, 0.2) is 176 Å². The Hall–Kier alpha value is -2.86. The van der Waals surface area contributed by atoms with E-state index in [1.165, 1.54) is 26.5 Å². The molecule has 6 aromatic carbocycles. The first-order chi connectivity index (χ1) is 19.3. The van der Waals surface area contributed by atoms with Crippen LogP contribution in [0.5, 0.6) is 0 Å². The third kappa shape index (κ3) is 7.25. The molecule has 0 unspecified atom stereocenters. The van der Waals surface area contributed by atoms with Crippen molar-refractivity contribution in [1.82, 2.24) is 0 Å². The van der Waals surface area contributed by atoms with E-state index in [1.807, 2.05) is 30.3 Å². The summed E-state index contributed by atoms with van der Waals surface area (Å²) < 4.78 is 0. The summed E-state index contributed by atoms with van der Waals surface area (Å²) in [5, 5.41) is 7.85. The average molecular weight is 754 g/mol. The van der Waals surface area contributed by atoms with Crippen LogP contribution in [0.4, 0.5) is 0 Å². The van der Waals surface area contributed by atoms with Gasteiger partial charge in [-0.1, -0.05) is 127 Å². The molecule has 6 aromatic rings. The van der Waals surface area contributed by atoms with Gasteiger partial charge in [0.05, 0.1) is 7.92 Å². The predicted octanol–water partition coefficient (Wildman–Crippen LogP) is 6.42. The standard InChI is InChI=1S/C18H14PS.C18H15P.Au/c20-19(16-10-4-1-5-11-16,17-12-6-2-7-13-17)18-14-8-3-9-15-18;1-4-10-16(11-5-1)19(17-12-6-2-7-13-17)18-14-8-3-9-15-18;/h1-14H;1-15H;/q-1;;+1/p+1. The minimum absolute atomic E-state index is 0. The van der Waals surface area contributed by atoms with Crippen LogP contribution in [0, 0.1) is 6.07 Å². The van der Waals surface area contributed by atoms with Gasteiger partial charge in [0.1, 0.15) is 15.9 Å². The number of benzene rings is 6. The number of rotatable bonds is 6. The van der Waals surface area contributed by atoms with E-state index in [9.17, 15) is 0 Å². The van der Waals surface area contributed by atoms with Crippen molar-refractivity contribution >= 4 is 57.6 Å². The van der Waals surface area contributed by atoms with Crippen LogP contribution >= 0.6 is 14.0 Å². The fourth-order valence-corrected chi connectivity index (χ4v) is 10.8. The van der Waals surface area contributed by atoms with Gasteiger partial charge in [0.15, 0.2) is 0 Å². The molecule has 0 aliphatic rings. The van der Waals surface area contributed by atoms with Crippen molar-refractivity contribution in [3.8, 4) is 0 Å². The Morgan fingerprint density at radius 3 is 1.07 bits per heavy atom. The molecule has 6 rings (SSSR count). The second kappa shape index (κ2) is 15.2. The molecule has 0 aliphatic carbocycles. The summed E-state index contributed by atoms with van der Waals surface area (Å²) in [5.74, 6) is 0. The van der Waals surface area contributed by atoms with Crippen molar-refractivity contribution in [3.63, 3.8) is 0 Å². The van der Waals surface area contributed by atoms with Crippen molar-refractivity contribution in [2.45, 2.75) is 0 Å². The van der Waals surface area contributed by atoms with Crippen LogP contribution in [0.2, 0.25) is 0 Å². The maximum Gasteiger partial charge on any atom is 1.00 e. The molecule has 0 spiro atoms. The molecule has 40 heavy (non-hydrogen) atoms. The quantitative estimate of drug-likeness (QED) is 0.108. The molecule has 4 heteroatoms. The SMILES string of the molecule is S=P(c1[c-]cccc1)(c1ccccc1)c1ccccc1.[Au+].c1ccc([PH+](c2ccccc2)c2ccccc2)cc1. The molecule has 0 bridgehead atoms. The van der Waals surface area contributed by atoms with Gasteiger partial charge in [-0.05, 0) is 47.0 Å². The molecule has 0 heterocycles. The fourth-order valence-electron chi connectivity index (χ4n) is 4.60. The summed E-state index contributed by atoms with van der Waals surface area (Å²) in [6, 6.07) is 62.7. The van der Waals surface area contributed by atoms with Gasteiger partial charge in [-0.15, -0.1) is 5.30 Å². The van der Waals surface area contributed by atoms with E-state index < -0.39 is 14.0 Å². The minimum atomic E-state index is -2.00. The van der Waals surface area contributed by atoms with Crippen molar-refractivity contribution in [3.05, 3.63) is 182 Å². The zero-order valence-electron chi connectivity index (χ0n) is 21.9. The van der Waals surface area contributed by atoms with Crippen LogP contribution in [0.1, 0.15) is 0 Å². The van der Waals surface area contributed by atoms with Crippen molar-refractivity contribution in [2.75, 3.05) is 0 Å². The average Bonchev–Trinajstić information content (AvgIpc) is 3.04. The van der Waals surface area contributed by atoms with Gasteiger partial charge in [0, 0.05) is 6.04 Å². The molecule has 0 radical (unpaired) electrons. The van der Waals surface area contributed by atoms with Crippen LogP contribution in [-0.4, -0.2) is 0 Å². The Balaban J connectivity index is 0.000000181.